The van der Waals surface area contributed by atoms with E-state index in [4.69, 9.17) is 10.5 Å². The lowest BCUT2D eigenvalue weighted by molar-refractivity contribution is 0.168. The number of rotatable bonds is 6. The summed E-state index contributed by atoms with van der Waals surface area (Å²) < 4.78 is 5.44. The van der Waals surface area contributed by atoms with Gasteiger partial charge >= 0.3 is 0 Å². The summed E-state index contributed by atoms with van der Waals surface area (Å²) in [5.41, 5.74) is 5.68. The lowest BCUT2D eigenvalue weighted by Gasteiger charge is -2.15. The molecule has 4 N–H and O–H groups in total. The topological polar surface area (TPSA) is 93.3 Å². The molecule has 2 atom stereocenters. The number of aromatic nitrogens is 2. The van der Waals surface area contributed by atoms with E-state index in [0.29, 0.717) is 18.4 Å². The van der Waals surface area contributed by atoms with Crippen molar-refractivity contribution in [1.29, 1.82) is 0 Å². The van der Waals surface area contributed by atoms with Crippen LogP contribution in [0.15, 0.2) is 12.3 Å². The molecule has 1 heterocycles. The van der Waals surface area contributed by atoms with E-state index in [-0.39, 0.29) is 12.1 Å². The van der Waals surface area contributed by atoms with Crippen molar-refractivity contribution >= 4 is 5.95 Å². The van der Waals surface area contributed by atoms with Gasteiger partial charge in [0.2, 0.25) is 11.8 Å². The van der Waals surface area contributed by atoms with Crippen LogP contribution in [0, 0.1) is 0 Å². The quantitative estimate of drug-likeness (QED) is 0.665. The van der Waals surface area contributed by atoms with Gasteiger partial charge in [-0.1, -0.05) is 0 Å². The van der Waals surface area contributed by atoms with Crippen LogP contribution in [0.1, 0.15) is 20.8 Å². The average molecular weight is 240 g/mol. The Hall–Kier alpha value is -1.40. The van der Waals surface area contributed by atoms with Crippen molar-refractivity contribution in [2.45, 2.75) is 39.0 Å². The molecule has 17 heavy (non-hydrogen) atoms. The van der Waals surface area contributed by atoms with E-state index in [0.717, 1.165) is 0 Å². The average Bonchev–Trinajstić information content (AvgIpc) is 2.25. The smallest absolute Gasteiger partial charge is 0.226 e. The number of nitrogens with zero attached hydrogens (tertiary/aromatic N) is 2. The van der Waals surface area contributed by atoms with Gasteiger partial charge in [0.05, 0.1) is 12.2 Å². The second-order valence-electron chi connectivity index (χ2n) is 4.17. The van der Waals surface area contributed by atoms with E-state index >= 15 is 0 Å². The van der Waals surface area contributed by atoms with Crippen molar-refractivity contribution in [3.8, 4) is 5.88 Å². The Morgan fingerprint density at radius 3 is 2.76 bits per heavy atom. The lowest BCUT2D eigenvalue weighted by Crippen LogP contribution is -2.39. The van der Waals surface area contributed by atoms with Gasteiger partial charge in [0, 0.05) is 24.8 Å². The number of hydrogen-bond acceptors (Lipinski definition) is 6. The van der Waals surface area contributed by atoms with Gasteiger partial charge in [-0.25, -0.2) is 4.98 Å². The highest BCUT2D eigenvalue weighted by Gasteiger charge is 2.09. The predicted octanol–water partition coefficient (Wildman–Crippen LogP) is 0.384. The van der Waals surface area contributed by atoms with Gasteiger partial charge in [0.1, 0.15) is 0 Å². The molecule has 6 nitrogen and oxygen atoms in total. The fourth-order valence-electron chi connectivity index (χ4n) is 1.11. The van der Waals surface area contributed by atoms with E-state index in [1.165, 1.54) is 0 Å². The number of nitrogens with two attached hydrogens (primary N) is 1. The Balaban J connectivity index is 2.54. The summed E-state index contributed by atoms with van der Waals surface area (Å²) >= 11 is 0. The number of aliphatic hydroxyl groups is 1. The number of hydrogen-bond donors (Lipinski definition) is 3. The van der Waals surface area contributed by atoms with Crippen molar-refractivity contribution in [2.24, 2.45) is 5.73 Å². The van der Waals surface area contributed by atoms with Crippen LogP contribution in [-0.4, -0.2) is 39.9 Å². The highest BCUT2D eigenvalue weighted by molar-refractivity contribution is 5.27. The molecule has 0 radical (unpaired) electrons. The molecule has 0 aliphatic heterocycles. The minimum atomic E-state index is -0.572. The van der Waals surface area contributed by atoms with Crippen LogP contribution in [0.5, 0.6) is 5.88 Å². The first-order chi connectivity index (χ1) is 7.99. The van der Waals surface area contributed by atoms with E-state index in [1.54, 1.807) is 19.2 Å². The first kappa shape index (κ1) is 13.7. The summed E-state index contributed by atoms with van der Waals surface area (Å²) in [5, 5.41) is 12.2. The van der Waals surface area contributed by atoms with Crippen molar-refractivity contribution < 1.29 is 9.84 Å². The zero-order chi connectivity index (χ0) is 12.8. The van der Waals surface area contributed by atoms with Crippen LogP contribution in [0.3, 0.4) is 0 Å². The standard InChI is InChI=1S/C11H20N4O2/c1-7(2)17-10-4-5-13-11(15-10)14-6-9(12)8(3)16/h4-5,7-9,16H,6,12H2,1-3H3,(H,13,14,15). The van der Waals surface area contributed by atoms with Crippen LogP contribution in [0.2, 0.25) is 0 Å². The maximum absolute atomic E-state index is 9.24. The molecule has 0 aromatic carbocycles. The Morgan fingerprint density at radius 1 is 1.47 bits per heavy atom. The second kappa shape index (κ2) is 6.36. The Morgan fingerprint density at radius 2 is 2.18 bits per heavy atom. The van der Waals surface area contributed by atoms with Gasteiger partial charge in [0.25, 0.3) is 0 Å². The van der Waals surface area contributed by atoms with Crippen LogP contribution >= 0.6 is 0 Å². The zero-order valence-electron chi connectivity index (χ0n) is 10.4. The van der Waals surface area contributed by atoms with Gasteiger partial charge < -0.3 is 20.9 Å². The summed E-state index contributed by atoms with van der Waals surface area (Å²) in [6, 6.07) is 1.34. The molecule has 1 aromatic heterocycles. The van der Waals surface area contributed by atoms with E-state index < -0.39 is 6.10 Å². The molecule has 0 saturated carbocycles. The Kier molecular flexibility index (Phi) is 5.11. The molecule has 0 aliphatic rings. The number of nitrogens with one attached hydrogen (secondary N) is 1. The molecule has 0 aliphatic carbocycles. The van der Waals surface area contributed by atoms with Crippen LogP contribution in [-0.2, 0) is 0 Å². The normalized spacial score (nSPS) is 14.5. The van der Waals surface area contributed by atoms with E-state index in [2.05, 4.69) is 15.3 Å². The lowest BCUT2D eigenvalue weighted by atomic mass is 10.2. The van der Waals surface area contributed by atoms with Gasteiger partial charge in [0.15, 0.2) is 0 Å². The molecule has 0 amide bonds. The molecular formula is C11H20N4O2. The molecular weight excluding hydrogens is 220 g/mol. The first-order valence-electron chi connectivity index (χ1n) is 5.66. The second-order valence-corrected chi connectivity index (χ2v) is 4.17. The number of aliphatic hydroxyl groups excluding tert-OH is 1. The molecule has 0 saturated heterocycles. The highest BCUT2D eigenvalue weighted by Crippen LogP contribution is 2.10. The summed E-state index contributed by atoms with van der Waals surface area (Å²) in [5.74, 6) is 0.961. The third kappa shape index (κ3) is 4.97. The largest absolute Gasteiger partial charge is 0.475 e. The third-order valence-corrected chi connectivity index (χ3v) is 2.10. The van der Waals surface area contributed by atoms with Crippen molar-refractivity contribution in [3.63, 3.8) is 0 Å². The molecule has 0 fully saturated rings. The molecule has 96 valence electrons. The van der Waals surface area contributed by atoms with Gasteiger partial charge in [-0.2, -0.15) is 4.98 Å². The Labute approximate surface area is 101 Å². The zero-order valence-corrected chi connectivity index (χ0v) is 10.4. The van der Waals surface area contributed by atoms with Crippen molar-refractivity contribution in [2.75, 3.05) is 11.9 Å². The third-order valence-electron chi connectivity index (χ3n) is 2.10. The van der Waals surface area contributed by atoms with Gasteiger partial charge in [-0.05, 0) is 20.8 Å². The minimum Gasteiger partial charge on any atom is -0.475 e. The van der Waals surface area contributed by atoms with E-state index in [1.807, 2.05) is 13.8 Å². The minimum absolute atomic E-state index is 0.0671. The summed E-state index contributed by atoms with van der Waals surface area (Å²) in [4.78, 5) is 8.20. The predicted molar refractivity (Wildman–Crippen MR) is 65.9 cm³/mol. The number of anilines is 1. The molecule has 0 bridgehead atoms. The van der Waals surface area contributed by atoms with Crippen LogP contribution in [0.25, 0.3) is 0 Å². The van der Waals surface area contributed by atoms with E-state index in [9.17, 15) is 5.11 Å². The SMILES string of the molecule is CC(C)Oc1ccnc(NCC(N)C(C)O)n1. The summed E-state index contributed by atoms with van der Waals surface area (Å²) in [6.45, 7) is 5.91. The van der Waals surface area contributed by atoms with Crippen LogP contribution in [0.4, 0.5) is 5.95 Å². The molecule has 0 spiro atoms. The molecule has 6 heteroatoms. The van der Waals surface area contributed by atoms with Crippen LogP contribution < -0.4 is 15.8 Å². The van der Waals surface area contributed by atoms with Crippen molar-refractivity contribution in [1.82, 2.24) is 9.97 Å². The molecule has 1 aromatic rings. The number of ether oxygens (including phenoxy) is 1. The van der Waals surface area contributed by atoms with Crippen molar-refractivity contribution in [3.05, 3.63) is 12.3 Å². The fraction of sp³-hybridized carbons (Fsp3) is 0.636. The Bertz CT molecular complexity index is 344. The first-order valence-corrected chi connectivity index (χ1v) is 5.66. The van der Waals surface area contributed by atoms with Gasteiger partial charge in [-0.3, -0.25) is 0 Å². The molecule has 1 rings (SSSR count). The maximum Gasteiger partial charge on any atom is 0.226 e. The molecule has 2 unspecified atom stereocenters. The monoisotopic (exact) mass is 240 g/mol. The summed E-state index contributed by atoms with van der Waals surface area (Å²) in [6.07, 6.45) is 1.11. The van der Waals surface area contributed by atoms with Gasteiger partial charge in [-0.15, -0.1) is 0 Å². The fourth-order valence-corrected chi connectivity index (χ4v) is 1.11. The summed E-state index contributed by atoms with van der Waals surface area (Å²) in [7, 11) is 0. The maximum atomic E-state index is 9.24. The highest BCUT2D eigenvalue weighted by atomic mass is 16.5.